The second-order valence-corrected chi connectivity index (χ2v) is 6.14. The summed E-state index contributed by atoms with van der Waals surface area (Å²) < 4.78 is 9.12. The molecule has 0 spiro atoms. The zero-order valence-corrected chi connectivity index (χ0v) is 14.3. The highest BCUT2D eigenvalue weighted by molar-refractivity contribution is 5.69. The maximum atomic E-state index is 12.1. The van der Waals surface area contributed by atoms with Crippen molar-refractivity contribution in [3.8, 4) is 11.5 Å². The van der Waals surface area contributed by atoms with Crippen LogP contribution < -0.4 is 0 Å². The number of nitrogens with zero attached hydrogens (tertiary/aromatic N) is 4. The van der Waals surface area contributed by atoms with Gasteiger partial charge in [0.25, 0.3) is 0 Å². The van der Waals surface area contributed by atoms with Crippen molar-refractivity contribution < 1.29 is 9.53 Å². The molecule has 25 heavy (non-hydrogen) atoms. The van der Waals surface area contributed by atoms with Gasteiger partial charge in [0.2, 0.25) is 0 Å². The molecule has 0 fully saturated rings. The van der Waals surface area contributed by atoms with Crippen LogP contribution in [0, 0.1) is 6.92 Å². The van der Waals surface area contributed by atoms with Crippen LogP contribution in [0.5, 0.6) is 0 Å². The van der Waals surface area contributed by atoms with Gasteiger partial charge in [-0.15, -0.1) is 0 Å². The zero-order chi connectivity index (χ0) is 17.4. The molecule has 2 aromatic heterocycles. The number of carbonyl (C=O) groups is 1. The van der Waals surface area contributed by atoms with Crippen molar-refractivity contribution in [3.63, 3.8) is 0 Å². The Kier molecular flexibility index (Phi) is 3.80. The molecule has 128 valence electrons. The van der Waals surface area contributed by atoms with Gasteiger partial charge in [-0.1, -0.05) is 17.7 Å². The molecule has 0 saturated heterocycles. The molecular weight excluding hydrogens is 316 g/mol. The molecule has 0 aliphatic carbocycles. The van der Waals surface area contributed by atoms with E-state index in [1.165, 1.54) is 5.56 Å². The van der Waals surface area contributed by atoms with Crippen LogP contribution in [0.4, 0.5) is 4.79 Å². The van der Waals surface area contributed by atoms with Crippen LogP contribution in [0.15, 0.2) is 48.8 Å². The number of carbonyl (C=O) groups excluding carboxylic acids is 1. The number of hydrogen-bond donors (Lipinski definition) is 0. The zero-order valence-electron chi connectivity index (χ0n) is 14.3. The lowest BCUT2D eigenvalue weighted by Gasteiger charge is -2.16. The summed E-state index contributed by atoms with van der Waals surface area (Å²) in [5.41, 5.74) is 4.19. The van der Waals surface area contributed by atoms with Gasteiger partial charge in [-0.25, -0.2) is 9.48 Å². The molecule has 4 rings (SSSR count). The number of aryl methyl sites for hydroxylation is 1. The molecular formula is C19H20N4O2. The number of benzene rings is 1. The third kappa shape index (κ3) is 2.69. The molecule has 6 nitrogen and oxygen atoms in total. The number of amides is 1. The highest BCUT2D eigenvalue weighted by atomic mass is 16.6. The van der Waals surface area contributed by atoms with Crippen molar-refractivity contribution in [3.05, 3.63) is 65.6 Å². The molecule has 0 saturated carbocycles. The quantitative estimate of drug-likeness (QED) is 0.736. The van der Waals surface area contributed by atoms with Crippen LogP contribution in [0.25, 0.3) is 11.5 Å². The molecule has 0 radical (unpaired) electrons. The molecule has 3 aromatic rings. The average Bonchev–Trinajstić information content (AvgIpc) is 3.31. The lowest BCUT2D eigenvalue weighted by Crippen LogP contribution is -2.27. The molecule has 0 unspecified atom stereocenters. The van der Waals surface area contributed by atoms with E-state index in [4.69, 9.17) is 9.84 Å². The van der Waals surface area contributed by atoms with Crippen LogP contribution in [-0.4, -0.2) is 31.9 Å². The van der Waals surface area contributed by atoms with Crippen molar-refractivity contribution in [2.24, 2.45) is 0 Å². The largest absolute Gasteiger partial charge is 0.450 e. The Balaban J connectivity index is 1.77. The van der Waals surface area contributed by atoms with Gasteiger partial charge in [-0.2, -0.15) is 5.10 Å². The topological polar surface area (TPSA) is 52.3 Å². The Bertz CT molecular complexity index is 894. The van der Waals surface area contributed by atoms with Crippen molar-refractivity contribution in [1.29, 1.82) is 0 Å². The van der Waals surface area contributed by atoms with E-state index in [9.17, 15) is 4.79 Å². The maximum absolute atomic E-state index is 12.1. The summed E-state index contributed by atoms with van der Waals surface area (Å²) in [5.74, 6) is 0.968. The average molecular weight is 336 g/mol. The summed E-state index contributed by atoms with van der Waals surface area (Å²) in [5, 5.41) is 4.79. The summed E-state index contributed by atoms with van der Waals surface area (Å²) in [7, 11) is 0. The smallest absolute Gasteiger partial charge is 0.410 e. The first-order valence-electron chi connectivity index (χ1n) is 8.40. The molecule has 6 heteroatoms. The Labute approximate surface area is 146 Å². The molecule has 0 N–H and O–H groups in total. The van der Waals surface area contributed by atoms with E-state index in [1.807, 2.05) is 40.7 Å². The Morgan fingerprint density at radius 2 is 1.88 bits per heavy atom. The van der Waals surface area contributed by atoms with Crippen molar-refractivity contribution in [2.75, 3.05) is 6.61 Å². The van der Waals surface area contributed by atoms with Gasteiger partial charge in [0.05, 0.1) is 31.1 Å². The summed E-state index contributed by atoms with van der Waals surface area (Å²) in [6.07, 6.45) is 3.70. The SMILES string of the molecule is CCOC(=O)N1Cc2nn(-c3ccc(C)cc3)c(-n3cccc3)c2C1. The Morgan fingerprint density at radius 3 is 2.56 bits per heavy atom. The van der Waals surface area contributed by atoms with Gasteiger partial charge in [-0.05, 0) is 38.1 Å². The predicted molar refractivity (Wildman–Crippen MR) is 93.9 cm³/mol. The third-order valence-electron chi connectivity index (χ3n) is 4.38. The van der Waals surface area contributed by atoms with Crippen LogP contribution >= 0.6 is 0 Å². The minimum Gasteiger partial charge on any atom is -0.450 e. The van der Waals surface area contributed by atoms with Gasteiger partial charge in [0, 0.05) is 18.0 Å². The summed E-state index contributed by atoms with van der Waals surface area (Å²) >= 11 is 0. The Hall–Kier alpha value is -3.02. The second-order valence-electron chi connectivity index (χ2n) is 6.14. The van der Waals surface area contributed by atoms with Crippen LogP contribution in [0.1, 0.15) is 23.7 Å². The fraction of sp³-hybridized carbons (Fsp3) is 0.263. The molecule has 3 heterocycles. The highest BCUT2D eigenvalue weighted by Gasteiger charge is 2.31. The molecule has 1 aliphatic rings. The summed E-state index contributed by atoms with van der Waals surface area (Å²) in [4.78, 5) is 13.8. The van der Waals surface area contributed by atoms with E-state index in [-0.39, 0.29) is 6.09 Å². The summed E-state index contributed by atoms with van der Waals surface area (Å²) in [6.45, 7) is 5.24. The molecule has 1 aromatic carbocycles. The van der Waals surface area contributed by atoms with Gasteiger partial charge in [0.1, 0.15) is 5.82 Å². The van der Waals surface area contributed by atoms with E-state index >= 15 is 0 Å². The van der Waals surface area contributed by atoms with E-state index < -0.39 is 0 Å². The first kappa shape index (κ1) is 15.5. The molecule has 1 aliphatic heterocycles. The van der Waals surface area contributed by atoms with E-state index in [0.29, 0.717) is 19.7 Å². The van der Waals surface area contributed by atoms with Crippen molar-refractivity contribution in [1.82, 2.24) is 19.2 Å². The number of fused-ring (bicyclic) bond motifs is 1. The highest BCUT2D eigenvalue weighted by Crippen LogP contribution is 2.30. The first-order chi connectivity index (χ1) is 12.2. The third-order valence-corrected chi connectivity index (χ3v) is 4.38. The minimum absolute atomic E-state index is 0.291. The minimum atomic E-state index is -0.291. The number of ether oxygens (including phenoxy) is 1. The van der Waals surface area contributed by atoms with Crippen LogP contribution in [-0.2, 0) is 17.8 Å². The van der Waals surface area contributed by atoms with Crippen LogP contribution in [0.3, 0.4) is 0 Å². The lowest BCUT2D eigenvalue weighted by molar-refractivity contribution is 0.106. The predicted octanol–water partition coefficient (Wildman–Crippen LogP) is 3.44. The Morgan fingerprint density at radius 1 is 1.16 bits per heavy atom. The lowest BCUT2D eigenvalue weighted by atomic mass is 10.2. The maximum Gasteiger partial charge on any atom is 0.410 e. The molecule has 1 amide bonds. The van der Waals surface area contributed by atoms with Crippen molar-refractivity contribution >= 4 is 6.09 Å². The second kappa shape index (κ2) is 6.12. The first-order valence-corrected chi connectivity index (χ1v) is 8.40. The summed E-state index contributed by atoms with van der Waals surface area (Å²) in [6, 6.07) is 12.2. The normalized spacial score (nSPS) is 13.1. The number of aromatic nitrogens is 3. The van der Waals surface area contributed by atoms with Gasteiger partial charge < -0.3 is 9.30 Å². The fourth-order valence-corrected chi connectivity index (χ4v) is 3.15. The van der Waals surface area contributed by atoms with E-state index in [1.54, 1.807) is 4.90 Å². The van der Waals surface area contributed by atoms with Gasteiger partial charge in [0.15, 0.2) is 0 Å². The van der Waals surface area contributed by atoms with Crippen LogP contribution in [0.2, 0.25) is 0 Å². The van der Waals surface area contributed by atoms with Gasteiger partial charge >= 0.3 is 6.09 Å². The molecule has 0 bridgehead atoms. The van der Waals surface area contributed by atoms with E-state index in [2.05, 4.69) is 31.2 Å². The number of rotatable bonds is 3. The monoisotopic (exact) mass is 336 g/mol. The number of hydrogen-bond acceptors (Lipinski definition) is 3. The fourth-order valence-electron chi connectivity index (χ4n) is 3.15. The van der Waals surface area contributed by atoms with E-state index in [0.717, 1.165) is 22.8 Å². The standard InChI is InChI=1S/C19H20N4O2/c1-3-25-19(24)22-12-16-17(13-22)20-23(15-8-6-14(2)7-9-15)18(16)21-10-4-5-11-21/h4-11H,3,12-13H2,1-2H3. The van der Waals surface area contributed by atoms with Crippen molar-refractivity contribution in [2.45, 2.75) is 26.9 Å². The van der Waals surface area contributed by atoms with Gasteiger partial charge in [-0.3, -0.25) is 4.90 Å². The molecule has 0 atom stereocenters.